The molecule has 0 aliphatic carbocycles. The van der Waals surface area contributed by atoms with Gasteiger partial charge < -0.3 is 11.1 Å². The van der Waals surface area contributed by atoms with E-state index in [0.717, 1.165) is 32.0 Å². The first kappa shape index (κ1) is 11.5. The highest BCUT2D eigenvalue weighted by atomic mass is 19.1. The zero-order valence-corrected chi connectivity index (χ0v) is 9.05. The van der Waals surface area contributed by atoms with Gasteiger partial charge >= 0.3 is 0 Å². The molecule has 0 aromatic heterocycles. The van der Waals surface area contributed by atoms with Crippen LogP contribution in [-0.2, 0) is 0 Å². The minimum absolute atomic E-state index is 0.342. The van der Waals surface area contributed by atoms with E-state index in [1.165, 1.54) is 12.1 Å². The van der Waals surface area contributed by atoms with Crippen LogP contribution in [0.15, 0.2) is 18.2 Å². The molecular formula is C12H16F2N2. The molecule has 0 spiro atoms. The lowest BCUT2D eigenvalue weighted by Crippen LogP contribution is -2.18. The molecule has 1 aromatic rings. The highest BCUT2D eigenvalue weighted by molar-refractivity contribution is 5.21. The van der Waals surface area contributed by atoms with Gasteiger partial charge in [0.05, 0.1) is 0 Å². The lowest BCUT2D eigenvalue weighted by Gasteiger charge is -2.16. The fraction of sp³-hybridized carbons (Fsp3) is 0.500. The van der Waals surface area contributed by atoms with Gasteiger partial charge in [0.15, 0.2) is 0 Å². The fourth-order valence-corrected chi connectivity index (χ4v) is 2.20. The van der Waals surface area contributed by atoms with Gasteiger partial charge in [0, 0.05) is 17.7 Å². The second kappa shape index (κ2) is 4.89. The molecule has 3 N–H and O–H groups in total. The number of nitrogens with one attached hydrogen (secondary N) is 1. The standard InChI is InChI=1S/C12H16F2N2/c13-9-1-2-10(11(14)6-9)12(15)5-8-3-4-16-7-8/h1-2,6,8,12,16H,3-5,7,15H2. The molecule has 1 saturated heterocycles. The van der Waals surface area contributed by atoms with Gasteiger partial charge in [-0.3, -0.25) is 0 Å². The van der Waals surface area contributed by atoms with Crippen LogP contribution >= 0.6 is 0 Å². The number of rotatable bonds is 3. The molecule has 0 saturated carbocycles. The molecule has 0 radical (unpaired) electrons. The van der Waals surface area contributed by atoms with Crippen molar-refractivity contribution in [2.24, 2.45) is 11.7 Å². The van der Waals surface area contributed by atoms with Crippen LogP contribution in [0.2, 0.25) is 0 Å². The Hall–Kier alpha value is -1.00. The maximum Gasteiger partial charge on any atom is 0.130 e. The molecular weight excluding hydrogens is 210 g/mol. The van der Waals surface area contributed by atoms with Gasteiger partial charge in [-0.25, -0.2) is 8.78 Å². The van der Waals surface area contributed by atoms with Crippen molar-refractivity contribution in [3.63, 3.8) is 0 Å². The Kier molecular flexibility index (Phi) is 3.51. The van der Waals surface area contributed by atoms with Crippen molar-refractivity contribution in [2.45, 2.75) is 18.9 Å². The van der Waals surface area contributed by atoms with E-state index >= 15 is 0 Å². The van der Waals surface area contributed by atoms with Gasteiger partial charge in [-0.1, -0.05) is 6.07 Å². The lowest BCUT2D eigenvalue weighted by atomic mass is 9.94. The SMILES string of the molecule is NC(CC1CCNC1)c1ccc(F)cc1F. The Morgan fingerprint density at radius 2 is 2.25 bits per heavy atom. The average Bonchev–Trinajstić information content (AvgIpc) is 2.70. The highest BCUT2D eigenvalue weighted by Crippen LogP contribution is 2.24. The van der Waals surface area contributed by atoms with E-state index < -0.39 is 11.6 Å². The molecule has 1 aliphatic rings. The third-order valence-electron chi connectivity index (χ3n) is 3.11. The normalized spacial score (nSPS) is 22.3. The Morgan fingerprint density at radius 1 is 1.44 bits per heavy atom. The Bertz CT molecular complexity index is 362. The van der Waals surface area contributed by atoms with Crippen molar-refractivity contribution in [1.29, 1.82) is 0 Å². The summed E-state index contributed by atoms with van der Waals surface area (Å²) in [6.07, 6.45) is 1.83. The summed E-state index contributed by atoms with van der Waals surface area (Å²) >= 11 is 0. The summed E-state index contributed by atoms with van der Waals surface area (Å²) < 4.78 is 26.2. The second-order valence-electron chi connectivity index (χ2n) is 4.37. The maximum atomic E-state index is 13.4. The Labute approximate surface area is 93.8 Å². The Balaban J connectivity index is 2.04. The van der Waals surface area contributed by atoms with E-state index in [1.54, 1.807) is 0 Å². The van der Waals surface area contributed by atoms with Crippen molar-refractivity contribution < 1.29 is 8.78 Å². The summed E-state index contributed by atoms with van der Waals surface area (Å²) in [5.41, 5.74) is 6.35. The Morgan fingerprint density at radius 3 is 2.88 bits per heavy atom. The van der Waals surface area contributed by atoms with Gasteiger partial charge in [0.25, 0.3) is 0 Å². The monoisotopic (exact) mass is 226 g/mol. The number of benzene rings is 1. The molecule has 2 nitrogen and oxygen atoms in total. The number of halogens is 2. The first-order chi connectivity index (χ1) is 7.66. The number of hydrogen-bond donors (Lipinski definition) is 2. The second-order valence-corrected chi connectivity index (χ2v) is 4.37. The van der Waals surface area contributed by atoms with E-state index in [1.807, 2.05) is 0 Å². The number of nitrogens with two attached hydrogens (primary N) is 1. The molecule has 2 atom stereocenters. The maximum absolute atomic E-state index is 13.4. The minimum Gasteiger partial charge on any atom is -0.324 e. The average molecular weight is 226 g/mol. The van der Waals surface area contributed by atoms with Crippen molar-refractivity contribution in [3.8, 4) is 0 Å². The molecule has 0 amide bonds. The predicted molar refractivity (Wildman–Crippen MR) is 58.9 cm³/mol. The van der Waals surface area contributed by atoms with Crippen molar-refractivity contribution in [1.82, 2.24) is 5.32 Å². The molecule has 2 unspecified atom stereocenters. The van der Waals surface area contributed by atoms with Crippen molar-refractivity contribution >= 4 is 0 Å². The van der Waals surface area contributed by atoms with Gasteiger partial charge in [-0.05, 0) is 37.9 Å². The molecule has 16 heavy (non-hydrogen) atoms. The molecule has 1 aromatic carbocycles. The summed E-state index contributed by atoms with van der Waals surface area (Å²) in [5.74, 6) is -0.603. The summed E-state index contributed by atoms with van der Waals surface area (Å²) in [6.45, 7) is 1.94. The van der Waals surface area contributed by atoms with Gasteiger partial charge in [-0.2, -0.15) is 0 Å². The van der Waals surface area contributed by atoms with Crippen LogP contribution in [0.5, 0.6) is 0 Å². The van der Waals surface area contributed by atoms with Crippen LogP contribution in [0, 0.1) is 17.6 Å². The smallest absolute Gasteiger partial charge is 0.130 e. The molecule has 4 heteroatoms. The zero-order chi connectivity index (χ0) is 11.5. The summed E-state index contributed by atoms with van der Waals surface area (Å²) in [7, 11) is 0. The lowest BCUT2D eigenvalue weighted by molar-refractivity contribution is 0.457. The fourth-order valence-electron chi connectivity index (χ4n) is 2.20. The first-order valence-electron chi connectivity index (χ1n) is 5.58. The molecule has 1 fully saturated rings. The largest absolute Gasteiger partial charge is 0.324 e. The summed E-state index contributed by atoms with van der Waals surface area (Å²) in [5, 5.41) is 3.24. The van der Waals surface area contributed by atoms with Crippen LogP contribution < -0.4 is 11.1 Å². The zero-order valence-electron chi connectivity index (χ0n) is 9.05. The van der Waals surface area contributed by atoms with Crippen molar-refractivity contribution in [2.75, 3.05) is 13.1 Å². The summed E-state index contributed by atoms with van der Waals surface area (Å²) in [6, 6.07) is 3.25. The van der Waals surface area contributed by atoms with Crippen LogP contribution in [0.3, 0.4) is 0 Å². The quantitative estimate of drug-likeness (QED) is 0.827. The van der Waals surface area contributed by atoms with Crippen LogP contribution in [0.4, 0.5) is 8.78 Å². The molecule has 0 bridgehead atoms. The summed E-state index contributed by atoms with van der Waals surface area (Å²) in [4.78, 5) is 0. The van der Waals surface area contributed by atoms with E-state index in [0.29, 0.717) is 11.5 Å². The first-order valence-corrected chi connectivity index (χ1v) is 5.58. The van der Waals surface area contributed by atoms with Gasteiger partial charge in [-0.15, -0.1) is 0 Å². The third kappa shape index (κ3) is 2.57. The van der Waals surface area contributed by atoms with Gasteiger partial charge in [0.1, 0.15) is 11.6 Å². The highest BCUT2D eigenvalue weighted by Gasteiger charge is 2.20. The minimum atomic E-state index is -0.559. The molecule has 88 valence electrons. The van der Waals surface area contributed by atoms with Gasteiger partial charge in [0.2, 0.25) is 0 Å². The van der Waals surface area contributed by atoms with Crippen LogP contribution in [0.25, 0.3) is 0 Å². The van der Waals surface area contributed by atoms with E-state index in [2.05, 4.69) is 5.32 Å². The van der Waals surface area contributed by atoms with E-state index in [-0.39, 0.29) is 6.04 Å². The molecule has 1 aliphatic heterocycles. The predicted octanol–water partition coefficient (Wildman–Crippen LogP) is 1.96. The topological polar surface area (TPSA) is 38.0 Å². The van der Waals surface area contributed by atoms with E-state index in [9.17, 15) is 8.78 Å². The van der Waals surface area contributed by atoms with Crippen LogP contribution in [0.1, 0.15) is 24.4 Å². The van der Waals surface area contributed by atoms with E-state index in [4.69, 9.17) is 5.73 Å². The number of hydrogen-bond acceptors (Lipinski definition) is 2. The van der Waals surface area contributed by atoms with Crippen molar-refractivity contribution in [3.05, 3.63) is 35.4 Å². The third-order valence-corrected chi connectivity index (χ3v) is 3.11. The molecule has 2 rings (SSSR count). The molecule has 1 heterocycles. The van der Waals surface area contributed by atoms with Crippen LogP contribution in [-0.4, -0.2) is 13.1 Å².